The first kappa shape index (κ1) is 11.7. The standard InChI is InChI=1S/C7H15O4P/c1-5(2)12(10,11)4-6(3)7(8)9/h5-6H,4H2,1-3H3,(H,8,9)(H,10,11). The van der Waals surface area contributed by atoms with Crippen LogP contribution in [0.25, 0.3) is 0 Å². The van der Waals surface area contributed by atoms with Crippen LogP contribution in [0.15, 0.2) is 0 Å². The largest absolute Gasteiger partial charge is 0.481 e. The smallest absolute Gasteiger partial charge is 0.306 e. The summed E-state index contributed by atoms with van der Waals surface area (Å²) in [6, 6.07) is 0. The summed E-state index contributed by atoms with van der Waals surface area (Å²) in [5.41, 5.74) is -0.362. The molecule has 2 N–H and O–H groups in total. The molecule has 0 saturated carbocycles. The first-order chi connectivity index (χ1) is 5.27. The molecule has 0 rings (SSSR count). The fourth-order valence-electron chi connectivity index (χ4n) is 0.681. The van der Waals surface area contributed by atoms with Crippen molar-refractivity contribution in [1.82, 2.24) is 0 Å². The van der Waals surface area contributed by atoms with Gasteiger partial charge in [0, 0.05) is 11.8 Å². The third-order valence-corrected chi connectivity index (χ3v) is 4.45. The van der Waals surface area contributed by atoms with E-state index in [0.717, 1.165) is 0 Å². The lowest BCUT2D eigenvalue weighted by atomic mass is 10.2. The lowest BCUT2D eigenvalue weighted by molar-refractivity contribution is -0.140. The predicted molar refractivity (Wildman–Crippen MR) is 46.6 cm³/mol. The summed E-state index contributed by atoms with van der Waals surface area (Å²) in [5.74, 6) is -1.77. The van der Waals surface area contributed by atoms with Gasteiger partial charge in [0.25, 0.3) is 0 Å². The van der Waals surface area contributed by atoms with Crippen molar-refractivity contribution in [3.63, 3.8) is 0 Å². The van der Waals surface area contributed by atoms with Crippen molar-refractivity contribution in [3.8, 4) is 0 Å². The molecule has 5 heteroatoms. The van der Waals surface area contributed by atoms with Gasteiger partial charge in [0.15, 0.2) is 0 Å². The van der Waals surface area contributed by atoms with E-state index in [1.165, 1.54) is 6.92 Å². The molecular formula is C7H15O4P. The van der Waals surface area contributed by atoms with Crippen molar-refractivity contribution in [2.24, 2.45) is 5.92 Å². The van der Waals surface area contributed by atoms with Crippen LogP contribution < -0.4 is 0 Å². The molecule has 0 aliphatic heterocycles. The first-order valence-electron chi connectivity index (χ1n) is 3.81. The minimum atomic E-state index is -3.26. The number of aliphatic carboxylic acids is 1. The van der Waals surface area contributed by atoms with Crippen LogP contribution in [-0.4, -0.2) is 27.8 Å². The van der Waals surface area contributed by atoms with Crippen LogP contribution in [0.2, 0.25) is 0 Å². The molecule has 0 fully saturated rings. The van der Waals surface area contributed by atoms with E-state index in [4.69, 9.17) is 5.11 Å². The van der Waals surface area contributed by atoms with Crippen molar-refractivity contribution >= 4 is 13.3 Å². The van der Waals surface area contributed by atoms with Gasteiger partial charge in [-0.15, -0.1) is 0 Å². The van der Waals surface area contributed by atoms with E-state index in [2.05, 4.69) is 0 Å². The minimum Gasteiger partial charge on any atom is -0.481 e. The lowest BCUT2D eigenvalue weighted by Gasteiger charge is -2.17. The first-order valence-corrected chi connectivity index (χ1v) is 5.73. The summed E-state index contributed by atoms with van der Waals surface area (Å²) in [4.78, 5) is 19.7. The van der Waals surface area contributed by atoms with Crippen LogP contribution in [0, 0.1) is 5.92 Å². The van der Waals surface area contributed by atoms with E-state index in [0.29, 0.717) is 0 Å². The second-order valence-electron chi connectivity index (χ2n) is 3.27. The predicted octanol–water partition coefficient (Wildman–Crippen LogP) is 1.39. The molecule has 0 aromatic carbocycles. The van der Waals surface area contributed by atoms with E-state index in [9.17, 15) is 14.3 Å². The number of carbonyl (C=O) groups is 1. The van der Waals surface area contributed by atoms with E-state index < -0.39 is 19.3 Å². The number of carboxylic acids is 1. The summed E-state index contributed by atoms with van der Waals surface area (Å²) in [6.45, 7) is 4.68. The Morgan fingerprint density at radius 2 is 1.83 bits per heavy atom. The molecule has 0 spiro atoms. The Morgan fingerprint density at radius 1 is 1.42 bits per heavy atom. The fraction of sp³-hybridized carbons (Fsp3) is 0.857. The van der Waals surface area contributed by atoms with Gasteiger partial charge in [0.1, 0.15) is 0 Å². The number of rotatable bonds is 4. The molecule has 0 heterocycles. The quantitative estimate of drug-likeness (QED) is 0.663. The molecule has 2 unspecified atom stereocenters. The third kappa shape index (κ3) is 3.37. The van der Waals surface area contributed by atoms with Gasteiger partial charge in [0.05, 0.1) is 5.92 Å². The summed E-state index contributed by atoms with van der Waals surface area (Å²) >= 11 is 0. The van der Waals surface area contributed by atoms with E-state index >= 15 is 0 Å². The van der Waals surface area contributed by atoms with Gasteiger partial charge in [-0.2, -0.15) is 0 Å². The van der Waals surface area contributed by atoms with Crippen LogP contribution in [0.1, 0.15) is 20.8 Å². The highest BCUT2D eigenvalue weighted by Gasteiger charge is 2.28. The van der Waals surface area contributed by atoms with Gasteiger partial charge in [0.2, 0.25) is 7.37 Å². The van der Waals surface area contributed by atoms with Gasteiger partial charge in [-0.25, -0.2) is 0 Å². The van der Waals surface area contributed by atoms with Crippen molar-refractivity contribution < 1.29 is 19.4 Å². The molecule has 12 heavy (non-hydrogen) atoms. The van der Waals surface area contributed by atoms with Crippen molar-refractivity contribution in [2.45, 2.75) is 26.4 Å². The second kappa shape index (κ2) is 4.06. The van der Waals surface area contributed by atoms with Gasteiger partial charge in [-0.1, -0.05) is 20.8 Å². The maximum atomic E-state index is 11.3. The highest BCUT2D eigenvalue weighted by atomic mass is 31.2. The SMILES string of the molecule is CC(CP(=O)(O)C(C)C)C(=O)O. The summed E-state index contributed by atoms with van der Waals surface area (Å²) in [5, 5.41) is 8.49. The normalized spacial score (nSPS) is 18.8. The highest BCUT2D eigenvalue weighted by molar-refractivity contribution is 7.58. The van der Waals surface area contributed by atoms with Crippen LogP contribution in [0.3, 0.4) is 0 Å². The van der Waals surface area contributed by atoms with E-state index in [-0.39, 0.29) is 11.8 Å². The number of hydrogen-bond acceptors (Lipinski definition) is 2. The molecule has 0 saturated heterocycles. The molecule has 0 radical (unpaired) electrons. The highest BCUT2D eigenvalue weighted by Crippen LogP contribution is 2.47. The Morgan fingerprint density at radius 3 is 2.08 bits per heavy atom. The second-order valence-corrected chi connectivity index (χ2v) is 6.18. The molecule has 0 aliphatic carbocycles. The molecule has 0 aromatic heterocycles. The molecule has 2 atom stereocenters. The number of carboxylic acid groups (broad SMARTS) is 1. The number of hydrogen-bond donors (Lipinski definition) is 2. The van der Waals surface area contributed by atoms with Crippen molar-refractivity contribution in [2.75, 3.05) is 6.16 Å². The summed E-state index contributed by atoms with van der Waals surface area (Å²) in [6.07, 6.45) is -0.139. The van der Waals surface area contributed by atoms with Crippen molar-refractivity contribution in [3.05, 3.63) is 0 Å². The maximum Gasteiger partial charge on any atom is 0.306 e. The van der Waals surface area contributed by atoms with Gasteiger partial charge in [-0.3, -0.25) is 9.36 Å². The molecule has 0 bridgehead atoms. The zero-order valence-electron chi connectivity index (χ0n) is 7.52. The maximum absolute atomic E-state index is 11.3. The zero-order valence-corrected chi connectivity index (χ0v) is 8.41. The van der Waals surface area contributed by atoms with Crippen molar-refractivity contribution in [1.29, 1.82) is 0 Å². The Labute approximate surface area is 72.1 Å². The van der Waals surface area contributed by atoms with Gasteiger partial charge in [-0.05, 0) is 0 Å². The fourth-order valence-corrected chi connectivity index (χ4v) is 2.04. The Hall–Kier alpha value is -0.340. The Balaban J connectivity index is 4.25. The van der Waals surface area contributed by atoms with Crippen LogP contribution in [0.5, 0.6) is 0 Å². The topological polar surface area (TPSA) is 74.6 Å². The average molecular weight is 194 g/mol. The molecule has 0 aromatic rings. The molecule has 0 amide bonds. The summed E-state index contributed by atoms with van der Waals surface area (Å²) < 4.78 is 11.3. The van der Waals surface area contributed by atoms with Gasteiger partial charge < -0.3 is 10.00 Å². The Kier molecular flexibility index (Phi) is 3.94. The van der Waals surface area contributed by atoms with Crippen LogP contribution in [0.4, 0.5) is 0 Å². The van der Waals surface area contributed by atoms with E-state index in [1.807, 2.05) is 0 Å². The minimum absolute atomic E-state index is 0.139. The average Bonchev–Trinajstić information content (AvgIpc) is 1.85. The molecule has 0 aliphatic rings. The molecular weight excluding hydrogens is 179 g/mol. The lowest BCUT2D eigenvalue weighted by Crippen LogP contribution is -2.16. The Bertz CT molecular complexity index is 211. The monoisotopic (exact) mass is 194 g/mol. The van der Waals surface area contributed by atoms with Crippen LogP contribution in [-0.2, 0) is 9.36 Å². The van der Waals surface area contributed by atoms with E-state index in [1.54, 1.807) is 13.8 Å². The molecule has 4 nitrogen and oxygen atoms in total. The van der Waals surface area contributed by atoms with Crippen LogP contribution >= 0.6 is 7.37 Å². The zero-order chi connectivity index (χ0) is 9.94. The summed E-state index contributed by atoms with van der Waals surface area (Å²) in [7, 11) is -3.26. The third-order valence-electron chi connectivity index (χ3n) is 1.76. The molecule has 72 valence electrons. The van der Waals surface area contributed by atoms with Gasteiger partial charge >= 0.3 is 5.97 Å².